The van der Waals surface area contributed by atoms with E-state index in [1.165, 1.54) is 25.7 Å². The third kappa shape index (κ3) is 5.13. The standard InChI is InChI=1S/C13H26/c1-6-8-10-12(5)13(9-7-2)11(3)4/h9,11-12H,6-8,10H2,1-5H3. The van der Waals surface area contributed by atoms with Gasteiger partial charge >= 0.3 is 0 Å². The van der Waals surface area contributed by atoms with Crippen LogP contribution in [0.25, 0.3) is 0 Å². The molecule has 0 fully saturated rings. The zero-order valence-corrected chi connectivity index (χ0v) is 10.1. The fraction of sp³-hybridized carbons (Fsp3) is 0.846. The summed E-state index contributed by atoms with van der Waals surface area (Å²) in [5.74, 6) is 1.52. The second-order valence-electron chi connectivity index (χ2n) is 4.31. The molecule has 1 unspecified atom stereocenters. The number of allylic oxidation sites excluding steroid dienone is 2. The lowest BCUT2D eigenvalue weighted by molar-refractivity contribution is 0.518. The Bertz CT molecular complexity index is 142. The Morgan fingerprint density at radius 2 is 1.77 bits per heavy atom. The molecule has 0 aliphatic rings. The van der Waals surface area contributed by atoms with Crippen LogP contribution in [0, 0.1) is 11.8 Å². The predicted molar refractivity (Wildman–Crippen MR) is 61.9 cm³/mol. The van der Waals surface area contributed by atoms with Crippen molar-refractivity contribution in [3.8, 4) is 0 Å². The van der Waals surface area contributed by atoms with E-state index < -0.39 is 0 Å². The van der Waals surface area contributed by atoms with Crippen molar-refractivity contribution in [2.45, 2.75) is 60.3 Å². The average Bonchev–Trinajstić information content (AvgIpc) is 2.09. The van der Waals surface area contributed by atoms with Crippen molar-refractivity contribution < 1.29 is 0 Å². The Morgan fingerprint density at radius 3 is 2.15 bits per heavy atom. The maximum Gasteiger partial charge on any atom is -0.0229 e. The molecule has 0 aliphatic carbocycles. The average molecular weight is 182 g/mol. The first-order chi connectivity index (χ1) is 6.13. The van der Waals surface area contributed by atoms with Gasteiger partial charge in [-0.3, -0.25) is 0 Å². The fourth-order valence-corrected chi connectivity index (χ4v) is 1.92. The Balaban J connectivity index is 4.12. The zero-order chi connectivity index (χ0) is 10.3. The van der Waals surface area contributed by atoms with Gasteiger partial charge in [-0.05, 0) is 24.7 Å². The summed E-state index contributed by atoms with van der Waals surface area (Å²) in [5.41, 5.74) is 1.66. The second kappa shape index (κ2) is 7.17. The summed E-state index contributed by atoms with van der Waals surface area (Å²) in [5, 5.41) is 0. The molecule has 0 heterocycles. The van der Waals surface area contributed by atoms with E-state index in [9.17, 15) is 0 Å². The van der Waals surface area contributed by atoms with Gasteiger partial charge in [0.05, 0.1) is 0 Å². The molecule has 0 nitrogen and oxygen atoms in total. The molecule has 0 N–H and O–H groups in total. The zero-order valence-electron chi connectivity index (χ0n) is 10.1. The topological polar surface area (TPSA) is 0 Å². The summed E-state index contributed by atoms with van der Waals surface area (Å²) in [7, 11) is 0. The van der Waals surface area contributed by atoms with Crippen LogP contribution in [-0.2, 0) is 0 Å². The minimum absolute atomic E-state index is 0.729. The van der Waals surface area contributed by atoms with Crippen LogP contribution in [0.1, 0.15) is 60.3 Å². The minimum Gasteiger partial charge on any atom is -0.0851 e. The lowest BCUT2D eigenvalue weighted by atomic mass is 9.87. The van der Waals surface area contributed by atoms with Gasteiger partial charge in [-0.25, -0.2) is 0 Å². The lowest BCUT2D eigenvalue weighted by Gasteiger charge is -2.19. The molecule has 0 aliphatic heterocycles. The molecule has 0 aromatic carbocycles. The van der Waals surface area contributed by atoms with Crippen LogP contribution in [0.4, 0.5) is 0 Å². The van der Waals surface area contributed by atoms with E-state index in [2.05, 4.69) is 40.7 Å². The third-order valence-corrected chi connectivity index (χ3v) is 2.67. The second-order valence-corrected chi connectivity index (χ2v) is 4.31. The first kappa shape index (κ1) is 12.7. The smallest absolute Gasteiger partial charge is 0.0229 e. The van der Waals surface area contributed by atoms with Crippen LogP contribution in [0.2, 0.25) is 0 Å². The molecular weight excluding hydrogens is 156 g/mol. The Hall–Kier alpha value is -0.260. The summed E-state index contributed by atoms with van der Waals surface area (Å²) in [4.78, 5) is 0. The van der Waals surface area contributed by atoms with E-state index in [0.29, 0.717) is 0 Å². The summed E-state index contributed by atoms with van der Waals surface area (Å²) >= 11 is 0. The van der Waals surface area contributed by atoms with Gasteiger partial charge in [-0.1, -0.05) is 59.1 Å². The molecule has 1 atom stereocenters. The van der Waals surface area contributed by atoms with Crippen molar-refractivity contribution in [3.05, 3.63) is 11.6 Å². The van der Waals surface area contributed by atoms with Gasteiger partial charge in [0.15, 0.2) is 0 Å². The quantitative estimate of drug-likeness (QED) is 0.517. The van der Waals surface area contributed by atoms with Gasteiger partial charge in [-0.15, -0.1) is 0 Å². The molecule has 0 aromatic heterocycles. The van der Waals surface area contributed by atoms with Gasteiger partial charge in [-0.2, -0.15) is 0 Å². The molecule has 0 bridgehead atoms. The summed E-state index contributed by atoms with van der Waals surface area (Å²) < 4.78 is 0. The summed E-state index contributed by atoms with van der Waals surface area (Å²) in [6, 6.07) is 0. The van der Waals surface area contributed by atoms with E-state index in [1.807, 2.05) is 0 Å². The van der Waals surface area contributed by atoms with Gasteiger partial charge in [0.25, 0.3) is 0 Å². The first-order valence-electron chi connectivity index (χ1n) is 5.83. The number of rotatable bonds is 6. The molecule has 0 rings (SSSR count). The van der Waals surface area contributed by atoms with E-state index >= 15 is 0 Å². The van der Waals surface area contributed by atoms with Crippen molar-refractivity contribution >= 4 is 0 Å². The molecule has 0 saturated heterocycles. The fourth-order valence-electron chi connectivity index (χ4n) is 1.92. The van der Waals surface area contributed by atoms with Gasteiger partial charge in [0.2, 0.25) is 0 Å². The van der Waals surface area contributed by atoms with Crippen LogP contribution < -0.4 is 0 Å². The van der Waals surface area contributed by atoms with Crippen molar-refractivity contribution in [1.82, 2.24) is 0 Å². The van der Waals surface area contributed by atoms with Gasteiger partial charge in [0.1, 0.15) is 0 Å². The van der Waals surface area contributed by atoms with E-state index in [1.54, 1.807) is 5.57 Å². The van der Waals surface area contributed by atoms with E-state index in [4.69, 9.17) is 0 Å². The Kier molecular flexibility index (Phi) is 7.03. The Morgan fingerprint density at radius 1 is 1.15 bits per heavy atom. The van der Waals surface area contributed by atoms with Crippen LogP contribution in [0.15, 0.2) is 11.6 Å². The first-order valence-corrected chi connectivity index (χ1v) is 5.83. The molecule has 13 heavy (non-hydrogen) atoms. The molecule has 0 aromatic rings. The maximum atomic E-state index is 2.42. The molecule has 0 heteroatoms. The van der Waals surface area contributed by atoms with Crippen molar-refractivity contribution in [1.29, 1.82) is 0 Å². The highest BCUT2D eigenvalue weighted by atomic mass is 14.2. The monoisotopic (exact) mass is 182 g/mol. The van der Waals surface area contributed by atoms with Crippen LogP contribution >= 0.6 is 0 Å². The van der Waals surface area contributed by atoms with Crippen molar-refractivity contribution in [2.24, 2.45) is 11.8 Å². The minimum atomic E-state index is 0.729. The number of hydrogen-bond acceptors (Lipinski definition) is 0. The summed E-state index contributed by atoms with van der Waals surface area (Å²) in [6.07, 6.45) is 7.66. The van der Waals surface area contributed by atoms with Crippen molar-refractivity contribution in [3.63, 3.8) is 0 Å². The van der Waals surface area contributed by atoms with Gasteiger partial charge in [0, 0.05) is 0 Å². The predicted octanol–water partition coefficient (Wildman–Crippen LogP) is 4.81. The largest absolute Gasteiger partial charge is 0.0851 e. The van der Waals surface area contributed by atoms with E-state index in [-0.39, 0.29) is 0 Å². The molecule has 0 amide bonds. The highest BCUT2D eigenvalue weighted by Crippen LogP contribution is 2.24. The molecule has 0 saturated carbocycles. The van der Waals surface area contributed by atoms with Crippen molar-refractivity contribution in [2.75, 3.05) is 0 Å². The molecule has 0 spiro atoms. The third-order valence-electron chi connectivity index (χ3n) is 2.67. The van der Waals surface area contributed by atoms with Gasteiger partial charge < -0.3 is 0 Å². The molecule has 78 valence electrons. The van der Waals surface area contributed by atoms with Crippen LogP contribution in [0.3, 0.4) is 0 Å². The normalized spacial score (nSPS) is 15.1. The molecular formula is C13H26. The number of hydrogen-bond donors (Lipinski definition) is 0. The van der Waals surface area contributed by atoms with E-state index in [0.717, 1.165) is 11.8 Å². The van der Waals surface area contributed by atoms with Crippen LogP contribution in [-0.4, -0.2) is 0 Å². The summed E-state index contributed by atoms with van der Waals surface area (Å²) in [6.45, 7) is 11.5. The SMILES string of the molecule is CCC=C(C(C)C)C(C)CCCC. The Labute approximate surface area is 84.4 Å². The van der Waals surface area contributed by atoms with Crippen LogP contribution in [0.5, 0.6) is 0 Å². The number of unbranched alkanes of at least 4 members (excludes halogenated alkanes) is 1. The highest BCUT2D eigenvalue weighted by molar-refractivity contribution is 5.08. The highest BCUT2D eigenvalue weighted by Gasteiger charge is 2.10. The lowest BCUT2D eigenvalue weighted by Crippen LogP contribution is -2.05. The molecule has 0 radical (unpaired) electrons. The maximum absolute atomic E-state index is 2.42.